The molecule has 0 aliphatic carbocycles. The summed E-state index contributed by atoms with van der Waals surface area (Å²) in [6.45, 7) is 3.36. The van der Waals surface area contributed by atoms with Gasteiger partial charge in [0.15, 0.2) is 0 Å². The molecule has 0 spiro atoms. The normalized spacial score (nSPS) is 11.4. The first-order valence-corrected chi connectivity index (χ1v) is 5.76. The van der Waals surface area contributed by atoms with E-state index in [0.29, 0.717) is 15.8 Å². The Morgan fingerprint density at radius 1 is 1.67 bits per heavy atom. The van der Waals surface area contributed by atoms with Crippen LogP contribution in [0.1, 0.15) is 13.8 Å². The topological polar surface area (TPSA) is 50.2 Å². The molecule has 1 N–H and O–H groups in total. The number of thioether (sulfide) groups is 1. The molecule has 1 rings (SSSR count). The summed E-state index contributed by atoms with van der Waals surface area (Å²) in [5, 5.41) is 10.2. The minimum absolute atomic E-state index is 0.444. The summed E-state index contributed by atoms with van der Waals surface area (Å²) in [4.78, 5) is 14.9. The molecule has 1 heterocycles. The molecule has 5 heteroatoms. The van der Waals surface area contributed by atoms with Gasteiger partial charge in [-0.05, 0) is 26.0 Å². The van der Waals surface area contributed by atoms with E-state index in [9.17, 15) is 4.79 Å². The van der Waals surface area contributed by atoms with Crippen LogP contribution in [0.15, 0.2) is 23.4 Å². The Morgan fingerprint density at radius 2 is 2.33 bits per heavy atom. The summed E-state index contributed by atoms with van der Waals surface area (Å²) in [5.41, 5.74) is -0.772. The molecule has 3 nitrogen and oxygen atoms in total. The molecule has 0 amide bonds. The van der Waals surface area contributed by atoms with Crippen molar-refractivity contribution in [2.24, 2.45) is 5.41 Å². The molecule has 0 saturated carbocycles. The minimum atomic E-state index is -0.818. The third-order valence-corrected chi connectivity index (χ3v) is 3.76. The van der Waals surface area contributed by atoms with Crippen LogP contribution >= 0.6 is 23.4 Å². The lowest BCUT2D eigenvalue weighted by Crippen LogP contribution is -2.26. The summed E-state index contributed by atoms with van der Waals surface area (Å²) in [7, 11) is 0. The number of pyridine rings is 1. The maximum absolute atomic E-state index is 10.9. The Morgan fingerprint density at radius 3 is 2.87 bits per heavy atom. The number of nitrogens with zero attached hydrogens (tertiary/aromatic N) is 1. The third-order valence-electron chi connectivity index (χ3n) is 1.87. The van der Waals surface area contributed by atoms with Crippen LogP contribution in [0.25, 0.3) is 0 Å². The Kier molecular flexibility index (Phi) is 3.99. The van der Waals surface area contributed by atoms with E-state index in [0.717, 1.165) is 0 Å². The molecular formula is C10H12ClNO2S. The van der Waals surface area contributed by atoms with Gasteiger partial charge in [0, 0.05) is 11.9 Å². The number of aromatic nitrogens is 1. The van der Waals surface area contributed by atoms with Gasteiger partial charge < -0.3 is 5.11 Å². The van der Waals surface area contributed by atoms with Gasteiger partial charge in [-0.3, -0.25) is 4.79 Å². The monoisotopic (exact) mass is 245 g/mol. The van der Waals surface area contributed by atoms with E-state index in [4.69, 9.17) is 16.7 Å². The van der Waals surface area contributed by atoms with E-state index >= 15 is 0 Å². The van der Waals surface area contributed by atoms with Gasteiger partial charge >= 0.3 is 5.97 Å². The molecule has 0 atom stereocenters. The summed E-state index contributed by atoms with van der Waals surface area (Å²) >= 11 is 7.26. The molecular weight excluding hydrogens is 234 g/mol. The second-order valence-electron chi connectivity index (χ2n) is 3.77. The standard InChI is InChI=1S/C10H12ClNO2S/c1-10(2,9(13)14)6-15-8-7(11)4-3-5-12-8/h3-5H,6H2,1-2H3,(H,13,14). The second-order valence-corrected chi connectivity index (χ2v) is 5.14. The fourth-order valence-corrected chi connectivity index (χ4v) is 2.04. The predicted octanol–water partition coefficient (Wildman–Crippen LogP) is 2.94. The lowest BCUT2D eigenvalue weighted by atomic mass is 9.97. The molecule has 0 aromatic carbocycles. The van der Waals surface area contributed by atoms with Crippen molar-refractivity contribution in [2.45, 2.75) is 18.9 Å². The van der Waals surface area contributed by atoms with Crippen LogP contribution in [0.4, 0.5) is 0 Å². The van der Waals surface area contributed by atoms with Crippen LogP contribution in [0.2, 0.25) is 5.02 Å². The van der Waals surface area contributed by atoms with Crippen molar-refractivity contribution in [3.05, 3.63) is 23.4 Å². The van der Waals surface area contributed by atoms with Crippen LogP contribution in [0.3, 0.4) is 0 Å². The lowest BCUT2D eigenvalue weighted by Gasteiger charge is -2.17. The number of hydrogen-bond acceptors (Lipinski definition) is 3. The molecule has 0 unspecified atom stereocenters. The fraction of sp³-hybridized carbons (Fsp3) is 0.400. The first-order valence-electron chi connectivity index (χ1n) is 4.40. The molecule has 82 valence electrons. The number of carbonyl (C=O) groups is 1. The molecule has 0 fully saturated rings. The smallest absolute Gasteiger partial charge is 0.309 e. The first-order chi connectivity index (χ1) is 6.93. The third kappa shape index (κ3) is 3.39. The lowest BCUT2D eigenvalue weighted by molar-refractivity contribution is -0.145. The van der Waals surface area contributed by atoms with Crippen LogP contribution < -0.4 is 0 Å². The molecule has 1 aromatic heterocycles. The quantitative estimate of drug-likeness (QED) is 0.829. The molecule has 0 radical (unpaired) electrons. The van der Waals surface area contributed by atoms with Crippen molar-refractivity contribution >= 4 is 29.3 Å². The molecule has 0 saturated heterocycles. The largest absolute Gasteiger partial charge is 0.481 e. The van der Waals surface area contributed by atoms with Gasteiger partial charge in [-0.1, -0.05) is 11.6 Å². The van der Waals surface area contributed by atoms with Crippen molar-refractivity contribution in [1.82, 2.24) is 4.98 Å². The van der Waals surface area contributed by atoms with Gasteiger partial charge in [0.1, 0.15) is 5.03 Å². The Balaban J connectivity index is 2.66. The fourth-order valence-electron chi connectivity index (χ4n) is 0.788. The maximum atomic E-state index is 10.9. The van der Waals surface area contributed by atoms with Crippen LogP contribution in [0.5, 0.6) is 0 Å². The summed E-state index contributed by atoms with van der Waals surface area (Å²) in [5.74, 6) is -0.374. The van der Waals surface area contributed by atoms with Gasteiger partial charge in [0.2, 0.25) is 0 Å². The van der Waals surface area contributed by atoms with Gasteiger partial charge in [0.25, 0.3) is 0 Å². The number of carboxylic acids is 1. The molecule has 15 heavy (non-hydrogen) atoms. The van der Waals surface area contributed by atoms with Gasteiger partial charge in [-0.15, -0.1) is 11.8 Å². The predicted molar refractivity (Wildman–Crippen MR) is 61.4 cm³/mol. The summed E-state index contributed by atoms with van der Waals surface area (Å²) < 4.78 is 0. The van der Waals surface area contributed by atoms with E-state index in [-0.39, 0.29) is 0 Å². The van der Waals surface area contributed by atoms with E-state index in [1.807, 2.05) is 0 Å². The van der Waals surface area contributed by atoms with Crippen LogP contribution in [-0.2, 0) is 4.79 Å². The van der Waals surface area contributed by atoms with Crippen molar-refractivity contribution in [3.63, 3.8) is 0 Å². The number of hydrogen-bond donors (Lipinski definition) is 1. The van der Waals surface area contributed by atoms with Gasteiger partial charge in [-0.25, -0.2) is 4.98 Å². The summed E-state index contributed by atoms with van der Waals surface area (Å²) in [6, 6.07) is 3.49. The molecule has 1 aromatic rings. The highest BCUT2D eigenvalue weighted by molar-refractivity contribution is 7.99. The SMILES string of the molecule is CC(C)(CSc1ncccc1Cl)C(=O)O. The Hall–Kier alpha value is -0.740. The van der Waals surface area contributed by atoms with Crippen molar-refractivity contribution in [1.29, 1.82) is 0 Å². The Bertz CT molecular complexity index is 368. The number of carboxylic acid groups (broad SMARTS) is 1. The van der Waals surface area contributed by atoms with Gasteiger partial charge in [0.05, 0.1) is 10.4 Å². The highest BCUT2D eigenvalue weighted by Crippen LogP contribution is 2.30. The van der Waals surface area contributed by atoms with Crippen molar-refractivity contribution in [3.8, 4) is 0 Å². The average Bonchev–Trinajstić information content (AvgIpc) is 2.16. The van der Waals surface area contributed by atoms with Crippen molar-refractivity contribution in [2.75, 3.05) is 5.75 Å². The summed E-state index contributed by atoms with van der Waals surface area (Å²) in [6.07, 6.45) is 1.64. The first kappa shape index (κ1) is 12.3. The second kappa shape index (κ2) is 4.86. The van der Waals surface area contributed by atoms with Crippen LogP contribution in [-0.4, -0.2) is 21.8 Å². The zero-order chi connectivity index (χ0) is 11.5. The number of rotatable bonds is 4. The zero-order valence-electron chi connectivity index (χ0n) is 8.53. The number of halogens is 1. The van der Waals surface area contributed by atoms with E-state index < -0.39 is 11.4 Å². The highest BCUT2D eigenvalue weighted by Gasteiger charge is 2.27. The van der Waals surface area contributed by atoms with Gasteiger partial charge in [-0.2, -0.15) is 0 Å². The Labute approximate surface area is 97.9 Å². The molecule has 0 aliphatic rings. The zero-order valence-corrected chi connectivity index (χ0v) is 10.1. The average molecular weight is 246 g/mol. The highest BCUT2D eigenvalue weighted by atomic mass is 35.5. The van der Waals surface area contributed by atoms with Crippen molar-refractivity contribution < 1.29 is 9.90 Å². The molecule has 0 bridgehead atoms. The number of aliphatic carboxylic acids is 1. The minimum Gasteiger partial charge on any atom is -0.481 e. The van der Waals surface area contributed by atoms with Crippen LogP contribution in [0, 0.1) is 5.41 Å². The van der Waals surface area contributed by atoms with E-state index in [2.05, 4.69) is 4.98 Å². The maximum Gasteiger partial charge on any atom is 0.309 e. The molecule has 0 aliphatic heterocycles. The van der Waals surface area contributed by atoms with E-state index in [1.165, 1.54) is 11.8 Å². The van der Waals surface area contributed by atoms with E-state index in [1.54, 1.807) is 32.2 Å².